The Morgan fingerprint density at radius 3 is 2.62 bits per heavy atom. The highest BCUT2D eigenvalue weighted by atomic mass is 32.2. The Labute approximate surface area is 188 Å². The largest absolute Gasteiger partial charge is 0.365 e. The molecule has 0 spiro atoms. The molecule has 2 aliphatic heterocycles. The lowest BCUT2D eigenvalue weighted by Crippen LogP contribution is -2.44. The van der Waals surface area contributed by atoms with Gasteiger partial charge in [0.25, 0.3) is 0 Å². The summed E-state index contributed by atoms with van der Waals surface area (Å²) >= 11 is 0. The van der Waals surface area contributed by atoms with Crippen molar-refractivity contribution in [1.82, 2.24) is 19.9 Å². The van der Waals surface area contributed by atoms with Gasteiger partial charge in [-0.1, -0.05) is 0 Å². The Hall–Kier alpha value is -3.04. The molecule has 0 aliphatic carbocycles. The lowest BCUT2D eigenvalue weighted by molar-refractivity contribution is 0.292. The second-order valence-corrected chi connectivity index (χ2v) is 10.7. The minimum absolute atomic E-state index is 0.163. The molecule has 5 rings (SSSR count). The zero-order valence-electron chi connectivity index (χ0n) is 18.4. The summed E-state index contributed by atoms with van der Waals surface area (Å²) in [5, 5.41) is 3.27. The average Bonchev–Trinajstić information content (AvgIpc) is 3.33. The number of aryl methyl sites for hydroxylation is 1. The van der Waals surface area contributed by atoms with E-state index < -0.39 is 9.84 Å². The molecule has 3 aromatic rings. The van der Waals surface area contributed by atoms with Gasteiger partial charge in [0.05, 0.1) is 10.6 Å². The van der Waals surface area contributed by atoms with E-state index in [9.17, 15) is 8.42 Å². The van der Waals surface area contributed by atoms with Gasteiger partial charge < -0.3 is 10.2 Å². The molecule has 32 heavy (non-hydrogen) atoms. The van der Waals surface area contributed by atoms with Crippen molar-refractivity contribution in [2.75, 3.05) is 36.6 Å². The number of piperazine rings is 1. The quantitative estimate of drug-likeness (QED) is 0.635. The first kappa shape index (κ1) is 20.8. The standard InChI is InChI=1S/C23H26N6O2S/c1-15-8-17(4-5-22(15)29-14-18-10-19(29)13-28(18)2)26-23-25-7-6-21(27-23)16-9-20(12-24-11-16)32(3,30)31/h4-9,11-12,18-19H,10,13-14H2,1-3H3,(H,25,26,27)/t18-,19-/m0/s1. The maximum atomic E-state index is 11.8. The van der Waals surface area contributed by atoms with Gasteiger partial charge in [0.1, 0.15) is 0 Å². The summed E-state index contributed by atoms with van der Waals surface area (Å²) in [6.07, 6.45) is 7.00. The molecule has 0 unspecified atom stereocenters. The number of likely N-dealkylation sites (N-methyl/N-ethyl adjacent to an activating group) is 1. The van der Waals surface area contributed by atoms with E-state index in [0.717, 1.165) is 25.0 Å². The van der Waals surface area contributed by atoms with Crippen LogP contribution in [-0.4, -0.2) is 66.7 Å². The molecule has 4 heterocycles. The van der Waals surface area contributed by atoms with Crippen molar-refractivity contribution in [3.63, 3.8) is 0 Å². The Morgan fingerprint density at radius 1 is 1.09 bits per heavy atom. The maximum absolute atomic E-state index is 11.8. The van der Waals surface area contributed by atoms with Gasteiger partial charge in [-0.2, -0.15) is 0 Å². The molecule has 2 fully saturated rings. The van der Waals surface area contributed by atoms with E-state index >= 15 is 0 Å². The predicted molar refractivity (Wildman–Crippen MR) is 125 cm³/mol. The zero-order valence-corrected chi connectivity index (χ0v) is 19.2. The highest BCUT2D eigenvalue weighted by Crippen LogP contribution is 2.36. The van der Waals surface area contributed by atoms with Crippen molar-refractivity contribution in [2.24, 2.45) is 0 Å². The molecule has 1 N–H and O–H groups in total. The molecular formula is C23H26N6O2S. The first-order valence-electron chi connectivity index (χ1n) is 10.6. The van der Waals surface area contributed by atoms with Crippen LogP contribution in [-0.2, 0) is 9.84 Å². The summed E-state index contributed by atoms with van der Waals surface area (Å²) in [5.41, 5.74) is 4.64. The molecule has 9 heteroatoms. The Kier molecular flexibility index (Phi) is 5.10. The van der Waals surface area contributed by atoms with Gasteiger partial charge in [-0.05, 0) is 56.3 Å². The third-order valence-electron chi connectivity index (χ3n) is 6.37. The van der Waals surface area contributed by atoms with Crippen molar-refractivity contribution in [2.45, 2.75) is 30.3 Å². The molecule has 0 amide bonds. The van der Waals surface area contributed by atoms with Crippen molar-refractivity contribution in [1.29, 1.82) is 0 Å². The zero-order chi connectivity index (χ0) is 22.5. The van der Waals surface area contributed by atoms with Crippen LogP contribution in [0.5, 0.6) is 0 Å². The second-order valence-electron chi connectivity index (χ2n) is 8.71. The van der Waals surface area contributed by atoms with Gasteiger partial charge in [0.2, 0.25) is 5.95 Å². The van der Waals surface area contributed by atoms with Crippen LogP contribution in [0.25, 0.3) is 11.3 Å². The van der Waals surface area contributed by atoms with Crippen LogP contribution in [0.2, 0.25) is 0 Å². The molecular weight excluding hydrogens is 424 g/mol. The SMILES string of the molecule is Cc1cc(Nc2nccc(-c3cncc(S(C)(=O)=O)c3)n2)ccc1N1C[C@@H]2C[C@H]1CN2C. The summed E-state index contributed by atoms with van der Waals surface area (Å²) in [5.74, 6) is 0.446. The number of sulfone groups is 1. The van der Waals surface area contributed by atoms with Crippen molar-refractivity contribution < 1.29 is 8.42 Å². The minimum Gasteiger partial charge on any atom is -0.365 e. The van der Waals surface area contributed by atoms with Gasteiger partial charge in [0.15, 0.2) is 9.84 Å². The lowest BCUT2D eigenvalue weighted by atomic mass is 10.1. The number of rotatable bonds is 5. The van der Waals surface area contributed by atoms with Crippen LogP contribution in [0.15, 0.2) is 53.8 Å². The van der Waals surface area contributed by atoms with E-state index in [4.69, 9.17) is 0 Å². The monoisotopic (exact) mass is 450 g/mol. The normalized spacial score (nSPS) is 20.7. The average molecular weight is 451 g/mol. The summed E-state index contributed by atoms with van der Waals surface area (Å²) in [4.78, 5) is 18.1. The first-order valence-corrected chi connectivity index (χ1v) is 12.5. The number of nitrogens with one attached hydrogen (secondary N) is 1. The van der Waals surface area contributed by atoms with E-state index in [1.54, 1.807) is 24.5 Å². The molecule has 0 saturated carbocycles. The summed E-state index contributed by atoms with van der Waals surface area (Å²) < 4.78 is 23.7. The molecule has 2 bridgehead atoms. The number of hydrogen-bond acceptors (Lipinski definition) is 8. The summed E-state index contributed by atoms with van der Waals surface area (Å²) in [6.45, 7) is 4.34. The number of hydrogen-bond donors (Lipinski definition) is 1. The number of benzene rings is 1. The van der Waals surface area contributed by atoms with Crippen molar-refractivity contribution in [3.05, 3.63) is 54.5 Å². The lowest BCUT2D eigenvalue weighted by Gasteiger charge is -2.34. The Bertz CT molecular complexity index is 1280. The third-order valence-corrected chi connectivity index (χ3v) is 7.45. The van der Waals surface area contributed by atoms with Crippen LogP contribution in [0.1, 0.15) is 12.0 Å². The first-order chi connectivity index (χ1) is 15.3. The fraction of sp³-hybridized carbons (Fsp3) is 0.348. The fourth-order valence-corrected chi connectivity index (χ4v) is 5.28. The second kappa shape index (κ2) is 7.83. The molecule has 2 atom stereocenters. The fourth-order valence-electron chi connectivity index (χ4n) is 4.69. The van der Waals surface area contributed by atoms with Gasteiger partial charge >= 0.3 is 0 Å². The predicted octanol–water partition coefficient (Wildman–Crippen LogP) is 2.89. The summed E-state index contributed by atoms with van der Waals surface area (Å²) in [6, 6.07) is 10.9. The topological polar surface area (TPSA) is 91.3 Å². The van der Waals surface area contributed by atoms with Gasteiger partial charge in [-0.25, -0.2) is 18.4 Å². The van der Waals surface area contributed by atoms with Gasteiger partial charge in [0, 0.05) is 67.0 Å². The molecule has 166 valence electrons. The number of likely N-dealkylation sites (tertiary alicyclic amines) is 1. The highest BCUT2D eigenvalue weighted by Gasteiger charge is 2.41. The van der Waals surface area contributed by atoms with E-state index in [-0.39, 0.29) is 4.90 Å². The maximum Gasteiger partial charge on any atom is 0.227 e. The molecule has 2 aromatic heterocycles. The highest BCUT2D eigenvalue weighted by molar-refractivity contribution is 7.90. The minimum atomic E-state index is -3.34. The smallest absolute Gasteiger partial charge is 0.227 e. The van der Waals surface area contributed by atoms with Crippen LogP contribution in [0, 0.1) is 6.92 Å². The molecule has 2 aliphatic rings. The third kappa shape index (κ3) is 3.93. The number of pyridine rings is 1. The molecule has 8 nitrogen and oxygen atoms in total. The van der Waals surface area contributed by atoms with Crippen molar-refractivity contribution >= 4 is 27.2 Å². The van der Waals surface area contributed by atoms with Crippen LogP contribution in [0.4, 0.5) is 17.3 Å². The Morgan fingerprint density at radius 2 is 1.94 bits per heavy atom. The number of anilines is 3. The van der Waals surface area contributed by atoms with Crippen LogP contribution in [0.3, 0.4) is 0 Å². The van der Waals surface area contributed by atoms with Crippen LogP contribution < -0.4 is 10.2 Å². The number of aromatic nitrogens is 3. The number of nitrogens with zero attached hydrogens (tertiary/aromatic N) is 5. The summed E-state index contributed by atoms with van der Waals surface area (Å²) in [7, 11) is -1.13. The van der Waals surface area contributed by atoms with E-state index in [0.29, 0.717) is 29.3 Å². The number of fused-ring (bicyclic) bond motifs is 2. The van der Waals surface area contributed by atoms with E-state index in [2.05, 4.69) is 62.2 Å². The van der Waals surface area contributed by atoms with Gasteiger partial charge in [-0.15, -0.1) is 0 Å². The van der Waals surface area contributed by atoms with E-state index in [1.807, 2.05) is 0 Å². The molecule has 0 radical (unpaired) electrons. The van der Waals surface area contributed by atoms with Crippen molar-refractivity contribution in [3.8, 4) is 11.3 Å². The molecule has 1 aromatic carbocycles. The van der Waals surface area contributed by atoms with E-state index in [1.165, 1.54) is 23.9 Å². The molecule has 2 saturated heterocycles. The Balaban J connectivity index is 1.36. The van der Waals surface area contributed by atoms with Gasteiger partial charge in [-0.3, -0.25) is 9.88 Å². The van der Waals surface area contributed by atoms with Crippen LogP contribution >= 0.6 is 0 Å².